The number of aryl methyl sites for hydroxylation is 2. The third kappa shape index (κ3) is 8.82. The van der Waals surface area contributed by atoms with Crippen molar-refractivity contribution >= 4 is 35.1 Å². The lowest BCUT2D eigenvalue weighted by Crippen LogP contribution is -2.47. The van der Waals surface area contributed by atoms with Crippen molar-refractivity contribution in [2.45, 2.75) is 32.8 Å². The first-order valence-corrected chi connectivity index (χ1v) is 17.5. The van der Waals surface area contributed by atoms with Crippen LogP contribution in [-0.2, 0) is 26.0 Å². The molecule has 0 unspecified atom stereocenters. The van der Waals surface area contributed by atoms with Gasteiger partial charge < -0.3 is 25.8 Å². The van der Waals surface area contributed by atoms with Gasteiger partial charge in [-0.15, -0.1) is 0 Å². The molecular formula is C39H42N8O5. The highest BCUT2D eigenvalue weighted by molar-refractivity contribution is 5.94. The number of carbonyl (C=O) groups excluding carboxylic acids is 1. The van der Waals surface area contributed by atoms with E-state index in [4.69, 9.17) is 29.5 Å². The molecule has 0 bridgehead atoms. The molecule has 7 rings (SSSR count). The molecule has 2 fully saturated rings. The molecule has 0 radical (unpaired) electrons. The van der Waals surface area contributed by atoms with Gasteiger partial charge in [0.25, 0.3) is 5.91 Å². The average molecular weight is 703 g/mol. The van der Waals surface area contributed by atoms with E-state index in [-0.39, 0.29) is 5.91 Å². The maximum atomic E-state index is 12.9. The summed E-state index contributed by atoms with van der Waals surface area (Å²) in [5.41, 5.74) is 6.36. The summed E-state index contributed by atoms with van der Waals surface area (Å²) in [6.07, 6.45) is -0.723. The Morgan fingerprint density at radius 2 is 1.29 bits per heavy atom. The van der Waals surface area contributed by atoms with Crippen molar-refractivity contribution in [1.29, 1.82) is 0 Å². The molecule has 2 saturated heterocycles. The fourth-order valence-electron chi connectivity index (χ4n) is 5.82. The van der Waals surface area contributed by atoms with Crippen molar-refractivity contribution in [3.8, 4) is 0 Å². The molecule has 1 amide bonds. The lowest BCUT2D eigenvalue weighted by molar-refractivity contribution is -0.600. The number of hydrogen-bond donors (Lipinski definition) is 3. The van der Waals surface area contributed by atoms with Crippen molar-refractivity contribution < 1.29 is 24.3 Å². The van der Waals surface area contributed by atoms with Gasteiger partial charge >= 0.3 is 0 Å². The van der Waals surface area contributed by atoms with Gasteiger partial charge in [-0.1, -0.05) is 79.2 Å². The van der Waals surface area contributed by atoms with Gasteiger partial charge in [0.2, 0.25) is 30.4 Å². The van der Waals surface area contributed by atoms with Gasteiger partial charge in [-0.2, -0.15) is 34.5 Å². The van der Waals surface area contributed by atoms with E-state index in [0.717, 1.165) is 49.4 Å². The molecule has 2 aliphatic heterocycles. The number of anilines is 5. The second-order valence-electron chi connectivity index (χ2n) is 12.5. The van der Waals surface area contributed by atoms with E-state index in [0.29, 0.717) is 42.1 Å². The molecule has 0 atom stereocenters. The summed E-state index contributed by atoms with van der Waals surface area (Å²) in [6, 6.07) is 33.2. The average Bonchev–Trinajstić information content (AvgIpc) is 3.20. The van der Waals surface area contributed by atoms with Crippen LogP contribution in [0.1, 0.15) is 52.1 Å². The second-order valence-corrected chi connectivity index (χ2v) is 12.5. The number of para-hydroxylation sites is 1. The van der Waals surface area contributed by atoms with Crippen LogP contribution in [0.2, 0.25) is 0 Å². The fraction of sp³-hybridized carbons (Fsp3) is 0.282. The van der Waals surface area contributed by atoms with Crippen LogP contribution in [0.15, 0.2) is 103 Å². The van der Waals surface area contributed by atoms with E-state index in [1.54, 1.807) is 24.3 Å². The number of benzene rings is 4. The molecule has 4 aromatic carbocycles. The van der Waals surface area contributed by atoms with E-state index in [1.807, 2.05) is 49.4 Å². The molecule has 2 aliphatic rings. The number of aromatic nitrogens is 3. The van der Waals surface area contributed by atoms with Gasteiger partial charge in [-0.25, -0.2) is 0 Å². The molecular weight excluding hydrogens is 660 g/mol. The first-order chi connectivity index (χ1) is 25.5. The lowest BCUT2D eigenvalue weighted by Gasteiger charge is -2.36. The molecule has 52 heavy (non-hydrogen) atoms. The predicted octanol–water partition coefficient (Wildman–Crippen LogP) is 6.26. The molecule has 0 saturated carbocycles. The first kappa shape index (κ1) is 34.8. The smallest absolute Gasteiger partial charge is 0.251 e. The van der Waals surface area contributed by atoms with E-state index in [2.05, 4.69) is 74.1 Å². The molecule has 3 heterocycles. The molecule has 13 nitrogen and oxygen atoms in total. The van der Waals surface area contributed by atoms with Crippen LogP contribution in [0.3, 0.4) is 0 Å². The summed E-state index contributed by atoms with van der Waals surface area (Å²) in [4.78, 5) is 53.3. The first-order valence-electron chi connectivity index (χ1n) is 17.5. The molecule has 0 aliphatic carbocycles. The Balaban J connectivity index is 0.931. The highest BCUT2D eigenvalue weighted by Gasteiger charge is 2.28. The number of nitrogens with one attached hydrogen (secondary N) is 3. The van der Waals surface area contributed by atoms with Gasteiger partial charge in [-0.3, -0.25) is 4.79 Å². The molecule has 268 valence electrons. The Kier molecular flexibility index (Phi) is 11.1. The third-order valence-corrected chi connectivity index (χ3v) is 8.87. The molecule has 0 spiro atoms. The van der Waals surface area contributed by atoms with E-state index >= 15 is 0 Å². The number of amides is 1. The summed E-state index contributed by atoms with van der Waals surface area (Å²) in [5, 5.41) is 9.55. The van der Waals surface area contributed by atoms with Crippen molar-refractivity contribution in [2.24, 2.45) is 0 Å². The molecule has 3 N–H and O–H groups in total. The maximum Gasteiger partial charge on any atom is 0.251 e. The second kappa shape index (κ2) is 16.6. The van der Waals surface area contributed by atoms with Gasteiger partial charge in [0.1, 0.15) is 0 Å². The number of nitrogens with zero attached hydrogens (tertiary/aromatic N) is 5. The van der Waals surface area contributed by atoms with Crippen LogP contribution in [0.5, 0.6) is 0 Å². The van der Waals surface area contributed by atoms with Crippen LogP contribution < -0.4 is 25.8 Å². The Morgan fingerprint density at radius 3 is 1.92 bits per heavy atom. The normalized spacial score (nSPS) is 17.4. The Morgan fingerprint density at radius 1 is 0.692 bits per heavy atom. The van der Waals surface area contributed by atoms with Crippen molar-refractivity contribution in [3.05, 3.63) is 131 Å². The van der Waals surface area contributed by atoms with Crippen LogP contribution in [0.4, 0.5) is 29.2 Å². The highest BCUT2D eigenvalue weighted by Crippen LogP contribution is 2.32. The number of carbonyl (C=O) groups is 1. The summed E-state index contributed by atoms with van der Waals surface area (Å²) in [7, 11) is 0. The van der Waals surface area contributed by atoms with Crippen molar-refractivity contribution in [3.63, 3.8) is 0 Å². The van der Waals surface area contributed by atoms with Gasteiger partial charge in [0, 0.05) is 67.3 Å². The zero-order valence-electron chi connectivity index (χ0n) is 29.2. The van der Waals surface area contributed by atoms with Gasteiger partial charge in [0.05, 0.1) is 0 Å². The van der Waals surface area contributed by atoms with Crippen LogP contribution in [0, 0.1) is 6.92 Å². The molecule has 1 aromatic heterocycles. The highest BCUT2D eigenvalue weighted by atomic mass is 17.4. The number of hydrogen-bond acceptors (Lipinski definition) is 12. The Bertz CT molecular complexity index is 1900. The quantitative estimate of drug-likeness (QED) is 0.100. The summed E-state index contributed by atoms with van der Waals surface area (Å²) < 4.78 is 0. The zero-order chi connectivity index (χ0) is 35.7. The minimum Gasteiger partial charge on any atom is -0.368 e. The van der Waals surface area contributed by atoms with Crippen LogP contribution in [-0.4, -0.2) is 60.1 Å². The van der Waals surface area contributed by atoms with Crippen molar-refractivity contribution in [1.82, 2.24) is 20.3 Å². The fourth-order valence-corrected chi connectivity index (χ4v) is 5.82. The summed E-state index contributed by atoms with van der Waals surface area (Å²) in [5.74, 6) is 1.23. The lowest BCUT2D eigenvalue weighted by atomic mass is 10.1. The SMILES string of the molecule is CCc1ccc(Nc2nc(NCCNC(=O)c3ccc(C4OOC(c5ccc(C)cc5)OO4)cc3)nc(N3CCN(c4ccccc4)CC3)n2)cc1. The van der Waals surface area contributed by atoms with Crippen molar-refractivity contribution in [2.75, 3.05) is 59.7 Å². The molecule has 5 aromatic rings. The minimum atomic E-state index is -0.893. The standard InChI is InChI=1S/C39H42N8O5/c1-3-28-11-19-32(20-12-28)42-38-43-37(44-39(45-38)47-25-23-46(24-26-47)33-7-5-4-6-8-33)41-22-21-40-34(48)29-15-17-31(18-16-29)36-51-49-35(50-52-36)30-13-9-27(2)10-14-30/h4-20,35-36H,3,21-26H2,1-2H3,(H,40,48)(H2,41,42,43,44,45). The minimum absolute atomic E-state index is 0.226. The third-order valence-electron chi connectivity index (χ3n) is 8.87. The van der Waals surface area contributed by atoms with Gasteiger partial charge in [0.15, 0.2) is 0 Å². The van der Waals surface area contributed by atoms with Gasteiger partial charge in [-0.05, 0) is 55.3 Å². The van der Waals surface area contributed by atoms with E-state index in [1.165, 1.54) is 11.3 Å². The summed E-state index contributed by atoms with van der Waals surface area (Å²) in [6.45, 7) is 8.11. The van der Waals surface area contributed by atoms with E-state index in [9.17, 15) is 4.79 Å². The number of rotatable bonds is 12. The van der Waals surface area contributed by atoms with Crippen LogP contribution >= 0.6 is 0 Å². The monoisotopic (exact) mass is 702 g/mol. The maximum absolute atomic E-state index is 12.9. The zero-order valence-corrected chi connectivity index (χ0v) is 29.2. The summed E-state index contributed by atoms with van der Waals surface area (Å²) >= 11 is 0. The van der Waals surface area contributed by atoms with E-state index < -0.39 is 12.6 Å². The Hall–Kier alpha value is -5.60. The molecule has 13 heteroatoms. The largest absolute Gasteiger partial charge is 0.368 e. The number of piperazine rings is 1. The predicted molar refractivity (Wildman–Crippen MR) is 198 cm³/mol. The van der Waals surface area contributed by atoms with Crippen LogP contribution in [0.25, 0.3) is 0 Å². The topological polar surface area (TPSA) is 135 Å². The Labute approximate surface area is 302 Å².